The monoisotopic (exact) mass is 991 g/mol. The van der Waals surface area contributed by atoms with Crippen LogP contribution < -0.4 is 15.9 Å². The van der Waals surface area contributed by atoms with Crippen molar-refractivity contribution in [2.45, 2.75) is 157 Å². The fraction of sp³-hybridized carbons (Fsp3) is 0.583. The zero-order valence-corrected chi connectivity index (χ0v) is 44.0. The molecule has 0 aliphatic rings. The first kappa shape index (κ1) is 40.7. The lowest BCUT2D eigenvalue weighted by molar-refractivity contribution is 0.0845. The minimum Gasteiger partial charge on any atom is -0.505 e. The van der Waals surface area contributed by atoms with E-state index in [0.29, 0.717) is 11.1 Å². The number of rotatable bonds is 16. The van der Waals surface area contributed by atoms with Crippen molar-refractivity contribution in [1.82, 2.24) is 19.6 Å². The molecule has 0 saturated heterocycles. The first-order chi connectivity index (χ1) is 34.1. The van der Waals surface area contributed by atoms with E-state index in [-0.39, 0.29) is 56.0 Å². The summed E-state index contributed by atoms with van der Waals surface area (Å²) in [5, 5.41) is 25.1. The Labute approximate surface area is 416 Å². The summed E-state index contributed by atoms with van der Waals surface area (Å²) in [6.07, 6.45) is 2.35. The van der Waals surface area contributed by atoms with Crippen LogP contribution in [0.1, 0.15) is 122 Å². The van der Waals surface area contributed by atoms with Gasteiger partial charge in [0, 0.05) is 0 Å². The minimum atomic E-state index is -2.74. The molecule has 0 aliphatic heterocycles. The summed E-state index contributed by atoms with van der Waals surface area (Å²) >= 11 is 11.7. The van der Waals surface area contributed by atoms with Gasteiger partial charge in [0.1, 0.15) is 6.56 Å². The van der Waals surface area contributed by atoms with Crippen molar-refractivity contribution >= 4 is 39.8 Å². The predicted molar refractivity (Wildman–Crippen MR) is 267 cm³/mol. The molecule has 4 rings (SSSR count). The summed E-state index contributed by atoms with van der Waals surface area (Å²) in [7, 11) is -5.18. The van der Waals surface area contributed by atoms with Crippen molar-refractivity contribution in [3.63, 3.8) is 0 Å². The molecule has 17 heteroatoms. The number of nitrogens with zero attached hydrogens (tertiary/aromatic N) is 4. The molecule has 0 radical (unpaired) electrons. The third-order valence-corrected chi connectivity index (χ3v) is 19.5. The van der Waals surface area contributed by atoms with Crippen LogP contribution >= 0.6 is 23.2 Å². The van der Waals surface area contributed by atoms with Crippen LogP contribution in [-0.2, 0) is 55.7 Å². The Morgan fingerprint density at radius 2 is 0.969 bits per heavy atom. The largest absolute Gasteiger partial charge is 0.505 e. The number of aromatic hydroxyl groups is 1. The van der Waals surface area contributed by atoms with Gasteiger partial charge in [-0.2, -0.15) is 10.2 Å². The number of halogens is 2. The minimum absolute atomic E-state index is 0.0702. The molecule has 364 valence electrons. The zero-order chi connectivity index (χ0) is 60.4. The van der Waals surface area contributed by atoms with E-state index in [1.54, 1.807) is 20.8 Å². The zero-order valence-electron chi connectivity index (χ0n) is 52.5. The Balaban J connectivity index is 0.000000445. The molecule has 0 saturated carbocycles. The van der Waals surface area contributed by atoms with E-state index < -0.39 is 78.2 Å². The van der Waals surface area contributed by atoms with Gasteiger partial charge < -0.3 is 33.3 Å². The molecule has 2 N–H and O–H groups in total. The molecule has 4 aromatic rings. The highest BCUT2D eigenvalue weighted by Gasteiger charge is 2.37. The number of hydrogen-bond donors (Lipinski definition) is 2. The highest BCUT2D eigenvalue weighted by molar-refractivity contribution is 6.74. The molecule has 0 bridgehead atoms. The quantitative estimate of drug-likeness (QED) is 0.103. The molecule has 0 aliphatic carbocycles. The molecule has 0 fully saturated rings. The number of ether oxygens (including phenoxy) is 3. The Morgan fingerprint density at radius 1 is 0.600 bits per heavy atom. The van der Waals surface area contributed by atoms with Gasteiger partial charge in [-0.3, -0.25) is 9.59 Å². The van der Waals surface area contributed by atoms with E-state index in [1.165, 1.54) is 64.1 Å². The van der Waals surface area contributed by atoms with Gasteiger partial charge in [0.25, 0.3) is 11.1 Å². The highest BCUT2D eigenvalue weighted by Crippen LogP contribution is 2.37. The van der Waals surface area contributed by atoms with Crippen LogP contribution in [0.5, 0.6) is 11.5 Å². The topological polar surface area (TPSA) is 156 Å². The molecule has 2 heterocycles. The second-order valence-corrected chi connectivity index (χ2v) is 30.1. The van der Waals surface area contributed by atoms with Crippen molar-refractivity contribution in [1.29, 1.82) is 0 Å². The van der Waals surface area contributed by atoms with E-state index in [1.807, 2.05) is 88.5 Å². The van der Waals surface area contributed by atoms with Gasteiger partial charge in [-0.1, -0.05) is 113 Å². The maximum atomic E-state index is 12.5. The van der Waals surface area contributed by atoms with Crippen LogP contribution in [0, 0.1) is 0 Å². The van der Waals surface area contributed by atoms with Gasteiger partial charge in [-0.15, -0.1) is 0 Å². The molecular formula is C48H76Cl2N4O9Si2. The van der Waals surface area contributed by atoms with Gasteiger partial charge in [0.15, 0.2) is 38.2 Å². The van der Waals surface area contributed by atoms with Gasteiger partial charge in [0.2, 0.25) is 0 Å². The second kappa shape index (κ2) is 24.6. The summed E-state index contributed by atoms with van der Waals surface area (Å²) in [6.45, 7) is 13.7. The van der Waals surface area contributed by atoms with E-state index >= 15 is 0 Å². The van der Waals surface area contributed by atoms with E-state index in [0.717, 1.165) is 6.20 Å². The third-order valence-electron chi connectivity index (χ3n) is 10.3. The van der Waals surface area contributed by atoms with Crippen LogP contribution in [0.25, 0.3) is 0 Å². The van der Waals surface area contributed by atoms with Crippen LogP contribution in [0.2, 0.25) is 46.3 Å². The standard InChI is InChI=1S/C24H37ClN2O4Si.C16H28O3Si.C8H11ClN2O2/c1-23(2,3)27-22(28)21(25)20(15-26-27)30-17-19-11-9-18(10-12-19)16-29-13-14-31-32(7,8)24(4,5)6;1-16(2,3)20(4,5)19-11-10-18-13-15-8-6-14(12-17)7-9-15;1-8(2,3)11-7(13)6(9)5(12)4-10-11/h9-12,15H,13-14,16-17H2,1-8H3;6-9,17H,10-13H2,1-5H3;4,12H,1-3H3/i13D2,14D2,17D2;10D2,11D2,12D2;. The van der Waals surface area contributed by atoms with Crippen molar-refractivity contribution in [2.24, 2.45) is 0 Å². The van der Waals surface area contributed by atoms with Crippen LogP contribution in [0.3, 0.4) is 0 Å². The van der Waals surface area contributed by atoms with E-state index in [9.17, 15) is 14.7 Å². The molecule has 65 heavy (non-hydrogen) atoms. The highest BCUT2D eigenvalue weighted by atomic mass is 35.5. The van der Waals surface area contributed by atoms with Gasteiger partial charge in [-0.05, 0) is 100 Å². The number of aromatic nitrogens is 4. The smallest absolute Gasteiger partial charge is 0.289 e. The summed E-state index contributed by atoms with van der Waals surface area (Å²) in [5.74, 6) is -0.487. The van der Waals surface area contributed by atoms with Crippen molar-refractivity contribution in [3.05, 3.63) is 114 Å². The first-order valence-electron chi connectivity index (χ1n) is 26.7. The predicted octanol–water partition coefficient (Wildman–Crippen LogP) is 10.8. The van der Waals surface area contributed by atoms with Crippen LogP contribution in [-0.4, -0.2) is 72.6 Å². The lowest BCUT2D eigenvalue weighted by Crippen LogP contribution is -2.41. The van der Waals surface area contributed by atoms with Crippen molar-refractivity contribution in [3.8, 4) is 11.5 Å². The Kier molecular flexibility index (Phi) is 15.4. The normalized spacial score (nSPS) is 16.6. The fourth-order valence-electron chi connectivity index (χ4n) is 4.23. The van der Waals surface area contributed by atoms with Gasteiger partial charge >= 0.3 is 0 Å². The van der Waals surface area contributed by atoms with Gasteiger partial charge in [-0.25, -0.2) is 9.36 Å². The second-order valence-electron chi connectivity index (χ2n) is 19.9. The number of benzene rings is 2. The molecule has 0 amide bonds. The SMILES string of the molecule is CC(C)(C)n1ncc(O)c(Cl)c1=O.[2H]C([2H])(O)c1ccc(COC([2H])([2H])C([2H])([2H])O[Si](C)(C)C(C)(C)C)cc1.[2H]C([2H])(Oc1cnn(C(C)(C)C)c(=O)c1Cl)c1ccc(COC([2H])([2H])C([2H])([2H])O[Si](C)(C)C(C)(C)C)cc1. The summed E-state index contributed by atoms with van der Waals surface area (Å²) in [6, 6.07) is 11.6. The first-order valence-corrected chi connectivity index (χ1v) is 27.3. The average molecular weight is 992 g/mol. The molecule has 0 atom stereocenters. The average Bonchev–Trinajstić information content (AvgIpc) is 3.23. The third kappa shape index (κ3) is 18.7. The Hall–Kier alpha value is -3.39. The lowest BCUT2D eigenvalue weighted by Gasteiger charge is -2.36. The fourth-order valence-corrected chi connectivity index (χ4v) is 5.73. The van der Waals surface area contributed by atoms with Crippen LogP contribution in [0.4, 0.5) is 0 Å². The maximum absolute atomic E-state index is 12.5. The molecule has 0 unspecified atom stereocenters. The summed E-state index contributed by atoms with van der Waals surface area (Å²) in [4.78, 5) is 24.0. The number of hydrogen-bond acceptors (Lipinski definition) is 11. The van der Waals surface area contributed by atoms with Gasteiger partial charge in [0.05, 0.1) is 85.9 Å². The van der Waals surface area contributed by atoms with E-state index in [2.05, 4.69) is 10.2 Å². The van der Waals surface area contributed by atoms with Crippen molar-refractivity contribution in [2.75, 3.05) is 26.2 Å². The van der Waals surface area contributed by atoms with E-state index in [4.69, 9.17) is 67.8 Å². The van der Waals surface area contributed by atoms with Crippen LogP contribution in [0.15, 0.2) is 70.5 Å². The Bertz CT molecular complexity index is 2740. The summed E-state index contributed by atoms with van der Waals surface area (Å²) in [5.41, 5.74) is -0.968. The number of aliphatic hydroxyl groups is 1. The molecular weight excluding hydrogens is 904 g/mol. The van der Waals surface area contributed by atoms with Crippen molar-refractivity contribution < 1.29 is 49.7 Å². The molecule has 13 nitrogen and oxygen atoms in total. The maximum Gasteiger partial charge on any atom is 0.289 e. The molecule has 0 spiro atoms. The summed E-state index contributed by atoms with van der Waals surface area (Å²) < 4.78 is 125. The Morgan fingerprint density at radius 3 is 1.35 bits per heavy atom. The lowest BCUT2D eigenvalue weighted by atomic mass is 10.1. The molecule has 2 aromatic carbocycles. The molecule has 2 aromatic heterocycles.